The quantitative estimate of drug-likeness (QED) is 0.885. The summed E-state index contributed by atoms with van der Waals surface area (Å²) in [5.41, 5.74) is 2.69. The average molecular weight is 238 g/mol. The van der Waals surface area contributed by atoms with Crippen molar-refractivity contribution in [3.05, 3.63) is 40.7 Å². The molecule has 5 heteroatoms. The van der Waals surface area contributed by atoms with Crippen molar-refractivity contribution in [3.8, 4) is 5.69 Å². The molecule has 0 saturated heterocycles. The predicted molar refractivity (Wildman–Crippen MR) is 61.9 cm³/mol. The van der Waals surface area contributed by atoms with Crippen LogP contribution in [0.2, 0.25) is 5.02 Å². The van der Waals surface area contributed by atoms with Crippen LogP contribution < -0.4 is 0 Å². The van der Waals surface area contributed by atoms with Crippen LogP contribution in [0.25, 0.3) is 5.69 Å². The van der Waals surface area contributed by atoms with Gasteiger partial charge in [0.2, 0.25) is 0 Å². The van der Waals surface area contributed by atoms with Gasteiger partial charge in [0.05, 0.1) is 17.6 Å². The van der Waals surface area contributed by atoms with E-state index in [-0.39, 0.29) is 6.61 Å². The minimum atomic E-state index is 0.0817. The lowest BCUT2D eigenvalue weighted by Crippen LogP contribution is -1.95. The van der Waals surface area contributed by atoms with E-state index in [1.807, 2.05) is 25.1 Å². The molecular weight excluding hydrogens is 226 g/mol. The zero-order valence-electron chi connectivity index (χ0n) is 8.89. The van der Waals surface area contributed by atoms with Crippen LogP contribution in [0.4, 0.5) is 0 Å². The predicted octanol–water partition coefficient (Wildman–Crippen LogP) is 1.76. The van der Waals surface area contributed by atoms with Gasteiger partial charge in [-0.2, -0.15) is 0 Å². The maximum absolute atomic E-state index is 8.79. The Hall–Kier alpha value is -1.39. The lowest BCUT2D eigenvalue weighted by Gasteiger charge is -2.02. The van der Waals surface area contributed by atoms with Gasteiger partial charge >= 0.3 is 0 Å². The van der Waals surface area contributed by atoms with Crippen molar-refractivity contribution in [1.29, 1.82) is 0 Å². The number of aliphatic hydroxyl groups excluding tert-OH is 1. The van der Waals surface area contributed by atoms with Crippen LogP contribution in [0.15, 0.2) is 24.4 Å². The highest BCUT2D eigenvalue weighted by molar-refractivity contribution is 6.31. The van der Waals surface area contributed by atoms with E-state index < -0.39 is 0 Å². The Morgan fingerprint density at radius 2 is 2.25 bits per heavy atom. The molecule has 0 bridgehead atoms. The largest absolute Gasteiger partial charge is 0.396 e. The third kappa shape index (κ3) is 2.23. The molecule has 4 nitrogen and oxygen atoms in total. The normalized spacial score (nSPS) is 10.7. The number of hydrogen-bond donors (Lipinski definition) is 1. The number of aliphatic hydroxyl groups is 1. The van der Waals surface area contributed by atoms with Gasteiger partial charge in [-0.15, -0.1) is 5.10 Å². The first-order valence-corrected chi connectivity index (χ1v) is 5.37. The van der Waals surface area contributed by atoms with Crippen LogP contribution in [0.3, 0.4) is 0 Å². The summed E-state index contributed by atoms with van der Waals surface area (Å²) < 4.78 is 1.67. The molecule has 0 aliphatic rings. The van der Waals surface area contributed by atoms with Gasteiger partial charge in [-0.05, 0) is 30.7 Å². The SMILES string of the molecule is Cc1cc(-n2cc(CCO)nn2)ccc1Cl. The van der Waals surface area contributed by atoms with Gasteiger partial charge in [0, 0.05) is 18.1 Å². The summed E-state index contributed by atoms with van der Waals surface area (Å²) in [5, 5.41) is 17.5. The van der Waals surface area contributed by atoms with Crippen LogP contribution in [-0.4, -0.2) is 26.7 Å². The minimum Gasteiger partial charge on any atom is -0.396 e. The number of hydrogen-bond acceptors (Lipinski definition) is 3. The Kier molecular flexibility index (Phi) is 3.22. The Bertz CT molecular complexity index is 496. The maximum Gasteiger partial charge on any atom is 0.0854 e. The molecule has 0 atom stereocenters. The van der Waals surface area contributed by atoms with Crippen molar-refractivity contribution in [1.82, 2.24) is 15.0 Å². The second kappa shape index (κ2) is 4.63. The van der Waals surface area contributed by atoms with Crippen LogP contribution in [0.1, 0.15) is 11.3 Å². The highest BCUT2D eigenvalue weighted by Crippen LogP contribution is 2.18. The van der Waals surface area contributed by atoms with Gasteiger partial charge < -0.3 is 5.11 Å². The Morgan fingerprint density at radius 3 is 2.94 bits per heavy atom. The molecule has 0 radical (unpaired) electrons. The van der Waals surface area contributed by atoms with E-state index in [9.17, 15) is 0 Å². The lowest BCUT2D eigenvalue weighted by molar-refractivity contribution is 0.298. The molecule has 0 amide bonds. The summed E-state index contributed by atoms with van der Waals surface area (Å²) in [6.45, 7) is 2.02. The Labute approximate surface area is 98.5 Å². The topological polar surface area (TPSA) is 50.9 Å². The second-order valence-electron chi connectivity index (χ2n) is 3.56. The molecule has 1 aromatic heterocycles. The van der Waals surface area contributed by atoms with E-state index in [0.29, 0.717) is 6.42 Å². The first-order valence-electron chi connectivity index (χ1n) is 4.99. The number of nitrogens with zero attached hydrogens (tertiary/aromatic N) is 3. The van der Waals surface area contributed by atoms with Crippen molar-refractivity contribution in [3.63, 3.8) is 0 Å². The van der Waals surface area contributed by atoms with E-state index >= 15 is 0 Å². The molecule has 84 valence electrons. The number of rotatable bonds is 3. The summed E-state index contributed by atoms with van der Waals surface area (Å²) in [7, 11) is 0. The molecular formula is C11H12ClN3O. The average Bonchev–Trinajstić information content (AvgIpc) is 2.71. The van der Waals surface area contributed by atoms with Crippen molar-refractivity contribution in [2.45, 2.75) is 13.3 Å². The molecule has 1 N–H and O–H groups in total. The molecule has 0 spiro atoms. The van der Waals surface area contributed by atoms with Crippen LogP contribution in [0.5, 0.6) is 0 Å². The number of halogens is 1. The molecule has 16 heavy (non-hydrogen) atoms. The summed E-state index contributed by atoms with van der Waals surface area (Å²) >= 11 is 5.94. The van der Waals surface area contributed by atoms with Crippen LogP contribution in [-0.2, 0) is 6.42 Å². The monoisotopic (exact) mass is 237 g/mol. The maximum atomic E-state index is 8.79. The third-order valence-electron chi connectivity index (χ3n) is 2.31. The van der Waals surface area contributed by atoms with Gasteiger partial charge in [0.1, 0.15) is 0 Å². The standard InChI is InChI=1S/C11H12ClN3O/c1-8-6-10(2-3-11(8)12)15-7-9(4-5-16)13-14-15/h2-3,6-7,16H,4-5H2,1H3. The van der Waals surface area contributed by atoms with E-state index in [2.05, 4.69) is 10.3 Å². The molecule has 1 heterocycles. The summed E-state index contributed by atoms with van der Waals surface area (Å²) in [6.07, 6.45) is 2.32. The fraction of sp³-hybridized carbons (Fsp3) is 0.273. The fourth-order valence-electron chi connectivity index (χ4n) is 1.43. The van der Waals surface area contributed by atoms with Gasteiger partial charge in [-0.25, -0.2) is 4.68 Å². The van der Waals surface area contributed by atoms with Crippen molar-refractivity contribution < 1.29 is 5.11 Å². The summed E-state index contributed by atoms with van der Waals surface area (Å²) in [6, 6.07) is 5.66. The second-order valence-corrected chi connectivity index (χ2v) is 3.97. The van der Waals surface area contributed by atoms with E-state index in [1.165, 1.54) is 0 Å². The highest BCUT2D eigenvalue weighted by Gasteiger charge is 2.03. The van der Waals surface area contributed by atoms with E-state index in [4.69, 9.17) is 16.7 Å². The van der Waals surface area contributed by atoms with Crippen LogP contribution in [0, 0.1) is 6.92 Å². The first kappa shape index (κ1) is 11.1. The molecule has 2 aromatic rings. The lowest BCUT2D eigenvalue weighted by atomic mass is 10.2. The zero-order valence-corrected chi connectivity index (χ0v) is 9.65. The molecule has 0 fully saturated rings. The van der Waals surface area contributed by atoms with Gasteiger partial charge in [0.25, 0.3) is 0 Å². The minimum absolute atomic E-state index is 0.0817. The summed E-state index contributed by atoms with van der Waals surface area (Å²) in [4.78, 5) is 0. The fourth-order valence-corrected chi connectivity index (χ4v) is 1.54. The molecule has 0 aliphatic carbocycles. The molecule has 0 unspecified atom stereocenters. The van der Waals surface area contributed by atoms with E-state index in [1.54, 1.807) is 10.9 Å². The van der Waals surface area contributed by atoms with Gasteiger partial charge in [0.15, 0.2) is 0 Å². The number of aromatic nitrogens is 3. The molecule has 1 aromatic carbocycles. The van der Waals surface area contributed by atoms with Crippen molar-refractivity contribution >= 4 is 11.6 Å². The first-order chi connectivity index (χ1) is 7.70. The van der Waals surface area contributed by atoms with Crippen LogP contribution >= 0.6 is 11.6 Å². The smallest absolute Gasteiger partial charge is 0.0854 e. The number of benzene rings is 1. The zero-order chi connectivity index (χ0) is 11.5. The van der Waals surface area contributed by atoms with Crippen molar-refractivity contribution in [2.24, 2.45) is 0 Å². The van der Waals surface area contributed by atoms with E-state index in [0.717, 1.165) is 22.0 Å². The third-order valence-corrected chi connectivity index (χ3v) is 2.74. The van der Waals surface area contributed by atoms with Gasteiger partial charge in [-0.3, -0.25) is 0 Å². The number of aryl methyl sites for hydroxylation is 1. The Balaban J connectivity index is 2.31. The molecule has 0 aliphatic heterocycles. The summed E-state index contributed by atoms with van der Waals surface area (Å²) in [5.74, 6) is 0. The Morgan fingerprint density at radius 1 is 1.44 bits per heavy atom. The molecule has 0 saturated carbocycles. The van der Waals surface area contributed by atoms with Crippen molar-refractivity contribution in [2.75, 3.05) is 6.61 Å². The molecule has 2 rings (SSSR count). The highest BCUT2D eigenvalue weighted by atomic mass is 35.5. The van der Waals surface area contributed by atoms with Gasteiger partial charge in [-0.1, -0.05) is 16.8 Å².